The van der Waals surface area contributed by atoms with Crippen molar-refractivity contribution in [3.05, 3.63) is 18.0 Å². The lowest BCUT2D eigenvalue weighted by molar-refractivity contribution is 0.105. The summed E-state index contributed by atoms with van der Waals surface area (Å²) in [4.78, 5) is 4.35. The smallest absolute Gasteiger partial charge is 0.191 e. The Bertz CT molecular complexity index is 505. The van der Waals surface area contributed by atoms with Crippen LogP contribution in [0.25, 0.3) is 0 Å². The van der Waals surface area contributed by atoms with E-state index in [1.807, 2.05) is 17.9 Å². The number of hydrogen-bond acceptors (Lipinski definition) is 3. The zero-order valence-corrected chi connectivity index (χ0v) is 15.5. The van der Waals surface area contributed by atoms with Gasteiger partial charge >= 0.3 is 0 Å². The van der Waals surface area contributed by atoms with Crippen LogP contribution in [0.1, 0.15) is 44.6 Å². The van der Waals surface area contributed by atoms with Crippen molar-refractivity contribution in [1.82, 2.24) is 20.4 Å². The van der Waals surface area contributed by atoms with E-state index in [1.54, 1.807) is 0 Å². The van der Waals surface area contributed by atoms with Gasteiger partial charge in [-0.05, 0) is 44.1 Å². The molecule has 1 saturated carbocycles. The van der Waals surface area contributed by atoms with Crippen molar-refractivity contribution in [2.45, 2.75) is 52.5 Å². The van der Waals surface area contributed by atoms with Gasteiger partial charge in [-0.2, -0.15) is 5.10 Å². The summed E-state index contributed by atoms with van der Waals surface area (Å²) in [6, 6.07) is 0. The molecule has 2 rings (SSSR count). The van der Waals surface area contributed by atoms with Gasteiger partial charge < -0.3 is 15.4 Å². The molecule has 0 aromatic carbocycles. The molecule has 1 aliphatic carbocycles. The van der Waals surface area contributed by atoms with Gasteiger partial charge in [-0.3, -0.25) is 9.67 Å². The summed E-state index contributed by atoms with van der Waals surface area (Å²) in [5.41, 5.74) is 1.56. The van der Waals surface area contributed by atoms with E-state index in [4.69, 9.17) is 4.74 Å². The Morgan fingerprint density at radius 1 is 1.38 bits per heavy atom. The first-order valence-electron chi connectivity index (χ1n) is 9.19. The molecular formula is C18H33N5O. The first kappa shape index (κ1) is 18.8. The molecule has 0 saturated heterocycles. The highest BCUT2D eigenvalue weighted by atomic mass is 16.5. The van der Waals surface area contributed by atoms with Crippen molar-refractivity contribution in [2.75, 3.05) is 33.4 Å². The van der Waals surface area contributed by atoms with Gasteiger partial charge in [-0.1, -0.05) is 12.8 Å². The standard InChI is InChI=1S/C18H33N5O/c1-4-24-12-9-18(7-5-6-8-18)15-21-17(19-3)20-10-11-23-14-16(2)13-22-23/h13-14H,4-12,15H2,1-3H3,(H2,19,20,21). The fraction of sp³-hybridized carbons (Fsp3) is 0.778. The Morgan fingerprint density at radius 2 is 2.17 bits per heavy atom. The van der Waals surface area contributed by atoms with Gasteiger partial charge in [0.25, 0.3) is 0 Å². The van der Waals surface area contributed by atoms with Crippen molar-refractivity contribution in [3.8, 4) is 0 Å². The number of rotatable bonds is 9. The first-order valence-corrected chi connectivity index (χ1v) is 9.19. The van der Waals surface area contributed by atoms with Crippen molar-refractivity contribution in [3.63, 3.8) is 0 Å². The molecule has 1 aliphatic rings. The quantitative estimate of drug-likeness (QED) is 0.413. The lowest BCUT2D eigenvalue weighted by Crippen LogP contribution is -2.44. The Hall–Kier alpha value is -1.56. The molecule has 0 amide bonds. The molecule has 1 aromatic heterocycles. The molecule has 2 N–H and O–H groups in total. The fourth-order valence-corrected chi connectivity index (χ4v) is 3.44. The monoisotopic (exact) mass is 335 g/mol. The summed E-state index contributed by atoms with van der Waals surface area (Å²) in [6.07, 6.45) is 10.3. The average Bonchev–Trinajstić information content (AvgIpc) is 3.21. The van der Waals surface area contributed by atoms with Crippen LogP contribution >= 0.6 is 0 Å². The van der Waals surface area contributed by atoms with Gasteiger partial charge in [0.1, 0.15) is 0 Å². The van der Waals surface area contributed by atoms with E-state index in [0.717, 1.165) is 45.2 Å². The van der Waals surface area contributed by atoms with E-state index in [1.165, 1.54) is 31.2 Å². The van der Waals surface area contributed by atoms with Crippen LogP contribution in [0.4, 0.5) is 0 Å². The van der Waals surface area contributed by atoms with Gasteiger partial charge in [0.2, 0.25) is 0 Å². The molecule has 0 aliphatic heterocycles. The normalized spacial score (nSPS) is 17.2. The van der Waals surface area contributed by atoms with Crippen LogP contribution in [0.3, 0.4) is 0 Å². The van der Waals surface area contributed by atoms with Crippen LogP contribution in [-0.4, -0.2) is 49.1 Å². The topological polar surface area (TPSA) is 63.5 Å². The van der Waals surface area contributed by atoms with Gasteiger partial charge in [-0.25, -0.2) is 0 Å². The van der Waals surface area contributed by atoms with Crippen molar-refractivity contribution >= 4 is 5.96 Å². The van der Waals surface area contributed by atoms with Crippen LogP contribution in [0, 0.1) is 12.3 Å². The third-order valence-electron chi connectivity index (χ3n) is 4.90. The molecule has 0 atom stereocenters. The van der Waals surface area contributed by atoms with Crippen LogP contribution in [0.15, 0.2) is 17.4 Å². The Kier molecular flexibility index (Phi) is 7.56. The molecular weight excluding hydrogens is 302 g/mol. The van der Waals surface area contributed by atoms with Gasteiger partial charge in [-0.15, -0.1) is 0 Å². The molecule has 0 radical (unpaired) electrons. The zero-order valence-electron chi connectivity index (χ0n) is 15.5. The second kappa shape index (κ2) is 9.67. The molecule has 1 fully saturated rings. The van der Waals surface area contributed by atoms with Crippen molar-refractivity contribution < 1.29 is 4.74 Å². The van der Waals surface area contributed by atoms with Crippen molar-refractivity contribution in [2.24, 2.45) is 10.4 Å². The molecule has 6 heteroatoms. The summed E-state index contributed by atoms with van der Waals surface area (Å²) < 4.78 is 7.54. The summed E-state index contributed by atoms with van der Waals surface area (Å²) in [7, 11) is 1.83. The summed E-state index contributed by atoms with van der Waals surface area (Å²) in [5.74, 6) is 0.876. The minimum Gasteiger partial charge on any atom is -0.382 e. The average molecular weight is 335 g/mol. The second-order valence-electron chi connectivity index (χ2n) is 6.79. The van der Waals surface area contributed by atoms with Gasteiger partial charge in [0.15, 0.2) is 5.96 Å². The third-order valence-corrected chi connectivity index (χ3v) is 4.90. The highest BCUT2D eigenvalue weighted by Gasteiger charge is 2.33. The molecule has 0 spiro atoms. The lowest BCUT2D eigenvalue weighted by Gasteiger charge is -2.30. The predicted octanol–water partition coefficient (Wildman–Crippen LogP) is 2.34. The lowest BCUT2D eigenvalue weighted by atomic mass is 9.83. The summed E-state index contributed by atoms with van der Waals surface area (Å²) in [5, 5.41) is 11.2. The molecule has 24 heavy (non-hydrogen) atoms. The maximum absolute atomic E-state index is 5.59. The van der Waals surface area contributed by atoms with Crippen LogP contribution in [-0.2, 0) is 11.3 Å². The maximum atomic E-state index is 5.59. The SMILES string of the molecule is CCOCCC1(CNC(=NC)NCCn2cc(C)cn2)CCCC1. The summed E-state index contributed by atoms with van der Waals surface area (Å²) in [6.45, 7) is 8.41. The number of ether oxygens (including phenoxy) is 1. The number of aliphatic imine (C=N–C) groups is 1. The van der Waals surface area contributed by atoms with E-state index in [-0.39, 0.29) is 0 Å². The second-order valence-corrected chi connectivity index (χ2v) is 6.79. The minimum atomic E-state index is 0.367. The number of nitrogens with one attached hydrogen (secondary N) is 2. The maximum Gasteiger partial charge on any atom is 0.191 e. The van der Waals surface area contributed by atoms with Gasteiger partial charge in [0.05, 0.1) is 12.7 Å². The molecule has 0 unspecified atom stereocenters. The molecule has 1 aromatic rings. The van der Waals surface area contributed by atoms with Gasteiger partial charge in [0, 0.05) is 39.5 Å². The largest absolute Gasteiger partial charge is 0.382 e. The summed E-state index contributed by atoms with van der Waals surface area (Å²) >= 11 is 0. The minimum absolute atomic E-state index is 0.367. The molecule has 1 heterocycles. The van der Waals surface area contributed by atoms with Crippen LogP contribution in [0.2, 0.25) is 0 Å². The van der Waals surface area contributed by atoms with E-state index < -0.39 is 0 Å². The Balaban J connectivity index is 1.74. The number of hydrogen-bond donors (Lipinski definition) is 2. The fourth-order valence-electron chi connectivity index (χ4n) is 3.44. The third kappa shape index (κ3) is 5.82. The molecule has 6 nitrogen and oxygen atoms in total. The van der Waals surface area contributed by atoms with E-state index in [2.05, 4.69) is 40.8 Å². The van der Waals surface area contributed by atoms with E-state index in [9.17, 15) is 0 Å². The van der Waals surface area contributed by atoms with E-state index in [0.29, 0.717) is 5.41 Å². The number of nitrogens with zero attached hydrogens (tertiary/aromatic N) is 3. The predicted molar refractivity (Wildman–Crippen MR) is 98.3 cm³/mol. The number of aromatic nitrogens is 2. The van der Waals surface area contributed by atoms with E-state index >= 15 is 0 Å². The number of guanidine groups is 1. The van der Waals surface area contributed by atoms with Crippen LogP contribution < -0.4 is 10.6 Å². The number of aryl methyl sites for hydroxylation is 1. The zero-order chi connectivity index (χ0) is 17.3. The van der Waals surface area contributed by atoms with Crippen molar-refractivity contribution in [1.29, 1.82) is 0 Å². The molecule has 136 valence electrons. The van der Waals surface area contributed by atoms with Crippen LogP contribution in [0.5, 0.6) is 0 Å². The highest BCUT2D eigenvalue weighted by molar-refractivity contribution is 5.79. The highest BCUT2D eigenvalue weighted by Crippen LogP contribution is 2.40. The first-order chi connectivity index (χ1) is 11.7. The molecule has 0 bridgehead atoms. The Morgan fingerprint density at radius 3 is 2.79 bits per heavy atom. The Labute approximate surface area is 146 Å².